The van der Waals surface area contributed by atoms with Gasteiger partial charge in [0.1, 0.15) is 5.69 Å². The van der Waals surface area contributed by atoms with E-state index < -0.39 is 5.24 Å². The molecule has 20 heavy (non-hydrogen) atoms. The number of aryl methyl sites for hydroxylation is 1. The first-order valence-electron chi connectivity index (χ1n) is 7.06. The van der Waals surface area contributed by atoms with E-state index >= 15 is 0 Å². The van der Waals surface area contributed by atoms with E-state index in [9.17, 15) is 4.79 Å². The molecule has 1 aliphatic carbocycles. The summed E-state index contributed by atoms with van der Waals surface area (Å²) in [6.45, 7) is 6.90. The van der Waals surface area contributed by atoms with Crippen molar-refractivity contribution in [3.63, 3.8) is 0 Å². The number of H-pyrrole nitrogens is 1. The number of hydrogen-bond donors (Lipinski definition) is 1. The minimum Gasteiger partial charge on any atom is -0.350 e. The average Bonchev–Trinajstić information content (AvgIpc) is 2.77. The fraction of sp³-hybridized carbons (Fsp3) is 0.500. The minimum absolute atomic E-state index is 0.319. The summed E-state index contributed by atoms with van der Waals surface area (Å²) < 4.78 is 0. The molecule has 0 amide bonds. The lowest BCUT2D eigenvalue weighted by molar-refractivity contribution is 0.107. The Morgan fingerprint density at radius 3 is 2.80 bits per heavy atom. The van der Waals surface area contributed by atoms with Gasteiger partial charge in [0.15, 0.2) is 0 Å². The highest BCUT2D eigenvalue weighted by molar-refractivity contribution is 6.67. The molecule has 0 saturated carbocycles. The Hall–Kier alpha value is -1.35. The Kier molecular flexibility index (Phi) is 3.13. The fourth-order valence-corrected chi connectivity index (χ4v) is 3.16. The molecule has 0 radical (unpaired) electrons. The van der Waals surface area contributed by atoms with E-state index in [2.05, 4.69) is 31.8 Å². The van der Waals surface area contributed by atoms with Gasteiger partial charge in [-0.1, -0.05) is 20.8 Å². The molecule has 106 valence electrons. The number of pyridine rings is 1. The van der Waals surface area contributed by atoms with Gasteiger partial charge in [0, 0.05) is 5.69 Å². The number of carbonyl (C=O) groups excluding carboxylic acids is 1. The summed E-state index contributed by atoms with van der Waals surface area (Å²) in [5.74, 6) is 0.679. The van der Waals surface area contributed by atoms with Gasteiger partial charge in [0.2, 0.25) is 0 Å². The molecule has 0 aromatic carbocycles. The third-order valence-electron chi connectivity index (χ3n) is 4.40. The van der Waals surface area contributed by atoms with E-state index in [1.165, 1.54) is 17.7 Å². The summed E-state index contributed by atoms with van der Waals surface area (Å²) in [6.07, 6.45) is 3.26. The van der Waals surface area contributed by atoms with Crippen molar-refractivity contribution in [2.75, 3.05) is 0 Å². The van der Waals surface area contributed by atoms with Gasteiger partial charge in [-0.15, -0.1) is 0 Å². The second kappa shape index (κ2) is 4.59. The van der Waals surface area contributed by atoms with Crippen molar-refractivity contribution >= 4 is 27.9 Å². The van der Waals surface area contributed by atoms with Crippen molar-refractivity contribution in [1.82, 2.24) is 9.97 Å². The van der Waals surface area contributed by atoms with Gasteiger partial charge in [-0.05, 0) is 59.9 Å². The maximum Gasteiger partial charge on any atom is 0.268 e. The Bertz CT molecular complexity index is 682. The second-order valence-electron chi connectivity index (χ2n) is 6.79. The van der Waals surface area contributed by atoms with Gasteiger partial charge in [-0.3, -0.25) is 9.78 Å². The molecule has 0 bridgehead atoms. The molecule has 0 fully saturated rings. The summed E-state index contributed by atoms with van der Waals surface area (Å²) >= 11 is 5.52. The molecule has 0 aliphatic heterocycles. The van der Waals surface area contributed by atoms with Gasteiger partial charge in [-0.25, -0.2) is 0 Å². The summed E-state index contributed by atoms with van der Waals surface area (Å²) in [7, 11) is 0. The first-order chi connectivity index (χ1) is 9.34. The Labute approximate surface area is 123 Å². The van der Waals surface area contributed by atoms with Crippen LogP contribution in [0.1, 0.15) is 48.9 Å². The number of halogens is 1. The number of aromatic nitrogens is 2. The van der Waals surface area contributed by atoms with Crippen LogP contribution in [0.15, 0.2) is 12.1 Å². The average molecular weight is 291 g/mol. The Balaban J connectivity index is 2.02. The van der Waals surface area contributed by atoms with Gasteiger partial charge in [0.25, 0.3) is 5.24 Å². The number of aromatic amines is 1. The van der Waals surface area contributed by atoms with Crippen LogP contribution in [0.2, 0.25) is 0 Å². The number of rotatable bonds is 1. The molecule has 1 atom stereocenters. The zero-order chi connectivity index (χ0) is 14.5. The van der Waals surface area contributed by atoms with E-state index in [0.29, 0.717) is 17.0 Å². The van der Waals surface area contributed by atoms with Crippen molar-refractivity contribution in [3.05, 3.63) is 29.1 Å². The van der Waals surface area contributed by atoms with E-state index in [-0.39, 0.29) is 0 Å². The molecule has 4 heteroatoms. The van der Waals surface area contributed by atoms with Crippen LogP contribution in [-0.2, 0) is 12.8 Å². The van der Waals surface area contributed by atoms with Crippen molar-refractivity contribution in [1.29, 1.82) is 0 Å². The Morgan fingerprint density at radius 2 is 2.15 bits per heavy atom. The van der Waals surface area contributed by atoms with Crippen molar-refractivity contribution in [3.8, 4) is 0 Å². The maximum absolute atomic E-state index is 11.2. The number of nitrogens with zero attached hydrogens (tertiary/aromatic N) is 1. The topological polar surface area (TPSA) is 45.8 Å². The van der Waals surface area contributed by atoms with Crippen LogP contribution in [-0.4, -0.2) is 15.2 Å². The lowest BCUT2D eigenvalue weighted by Gasteiger charge is -2.34. The van der Waals surface area contributed by atoms with E-state index in [1.54, 1.807) is 6.07 Å². The number of nitrogens with one attached hydrogen (secondary N) is 1. The molecule has 0 spiro atoms. The van der Waals surface area contributed by atoms with E-state index in [0.717, 1.165) is 23.9 Å². The second-order valence-corrected chi connectivity index (χ2v) is 7.13. The summed E-state index contributed by atoms with van der Waals surface area (Å²) in [4.78, 5) is 19.0. The molecule has 0 saturated heterocycles. The molecule has 1 aliphatic rings. The maximum atomic E-state index is 11.2. The highest BCUT2D eigenvalue weighted by Gasteiger charge is 2.29. The number of carbonyl (C=O) groups is 1. The molecule has 2 aromatic heterocycles. The molecule has 2 heterocycles. The quantitative estimate of drug-likeness (QED) is 0.804. The van der Waals surface area contributed by atoms with Crippen LogP contribution in [0.3, 0.4) is 0 Å². The number of fused-ring (bicyclic) bond motifs is 2. The van der Waals surface area contributed by atoms with Crippen LogP contribution >= 0.6 is 11.6 Å². The number of hydrogen-bond acceptors (Lipinski definition) is 2. The third kappa shape index (κ3) is 2.35. The molecule has 1 unspecified atom stereocenters. The predicted molar refractivity (Wildman–Crippen MR) is 81.2 cm³/mol. The minimum atomic E-state index is -0.464. The van der Waals surface area contributed by atoms with Gasteiger partial charge in [0.05, 0.1) is 11.0 Å². The largest absolute Gasteiger partial charge is 0.350 e. The lowest BCUT2D eigenvalue weighted by atomic mass is 9.71. The first kappa shape index (κ1) is 13.6. The van der Waals surface area contributed by atoms with Gasteiger partial charge in [-0.2, -0.15) is 0 Å². The summed E-state index contributed by atoms with van der Waals surface area (Å²) in [5, 5.41) is -0.464. The van der Waals surface area contributed by atoms with Gasteiger partial charge >= 0.3 is 0 Å². The van der Waals surface area contributed by atoms with Crippen molar-refractivity contribution in [2.24, 2.45) is 11.3 Å². The van der Waals surface area contributed by atoms with E-state index in [4.69, 9.17) is 16.6 Å². The lowest BCUT2D eigenvalue weighted by Crippen LogP contribution is -2.27. The van der Waals surface area contributed by atoms with Crippen LogP contribution in [0.25, 0.3) is 11.0 Å². The SMILES string of the molecule is CC(C)(C)C1CCc2nc3cc(C(=O)Cl)[nH]c3cc2C1. The van der Waals surface area contributed by atoms with Crippen LogP contribution in [0.5, 0.6) is 0 Å². The van der Waals surface area contributed by atoms with Crippen LogP contribution in [0.4, 0.5) is 0 Å². The monoisotopic (exact) mass is 290 g/mol. The van der Waals surface area contributed by atoms with Crippen LogP contribution in [0, 0.1) is 11.3 Å². The molecular weight excluding hydrogens is 272 g/mol. The smallest absolute Gasteiger partial charge is 0.268 e. The third-order valence-corrected chi connectivity index (χ3v) is 4.61. The Morgan fingerprint density at radius 1 is 1.40 bits per heavy atom. The molecule has 3 rings (SSSR count). The molecular formula is C16H19ClN2O. The van der Waals surface area contributed by atoms with Crippen LogP contribution < -0.4 is 0 Å². The standard InChI is InChI=1S/C16H19ClN2O/c1-16(2,3)10-4-5-11-9(6-10)7-12-13(18-11)8-14(19-12)15(17)20/h7-8,10,19H,4-6H2,1-3H3. The van der Waals surface area contributed by atoms with E-state index in [1.807, 2.05) is 0 Å². The van der Waals surface area contributed by atoms with Gasteiger partial charge < -0.3 is 4.98 Å². The first-order valence-corrected chi connectivity index (χ1v) is 7.44. The van der Waals surface area contributed by atoms with Crippen molar-refractivity contribution in [2.45, 2.75) is 40.0 Å². The summed E-state index contributed by atoms with van der Waals surface area (Å²) in [6, 6.07) is 3.87. The molecule has 3 nitrogen and oxygen atoms in total. The van der Waals surface area contributed by atoms with Crippen molar-refractivity contribution < 1.29 is 4.79 Å². The molecule has 2 aromatic rings. The highest BCUT2D eigenvalue weighted by atomic mass is 35.5. The zero-order valence-electron chi connectivity index (χ0n) is 12.1. The summed E-state index contributed by atoms with van der Waals surface area (Å²) in [5.41, 5.74) is 4.96. The fourth-order valence-electron chi connectivity index (χ4n) is 3.05. The highest BCUT2D eigenvalue weighted by Crippen LogP contribution is 2.37. The normalized spacial score (nSPS) is 19.1. The molecule has 1 N–H and O–H groups in total. The predicted octanol–water partition coefficient (Wildman–Crippen LogP) is 4.09. The zero-order valence-corrected chi connectivity index (χ0v) is 12.8.